The van der Waals surface area contributed by atoms with Crippen molar-refractivity contribution < 1.29 is 19.1 Å². The number of rotatable bonds is 2. The van der Waals surface area contributed by atoms with Gasteiger partial charge in [0.25, 0.3) is 5.91 Å². The first-order valence-corrected chi connectivity index (χ1v) is 5.55. The van der Waals surface area contributed by atoms with E-state index >= 15 is 0 Å². The molecule has 0 radical (unpaired) electrons. The van der Waals surface area contributed by atoms with Crippen LogP contribution in [0.1, 0.15) is 35.5 Å². The molecule has 1 N–H and O–H groups in total. The molecule has 0 bridgehead atoms. The SMILES string of the molecule is Cc1ocnc1C(=O)N1CCCCC1C(=O)O. The lowest BCUT2D eigenvalue weighted by molar-refractivity contribution is -0.143. The molecule has 6 heteroatoms. The number of amides is 1. The summed E-state index contributed by atoms with van der Waals surface area (Å²) in [5.41, 5.74) is 0.207. The van der Waals surface area contributed by atoms with Gasteiger partial charge in [0.15, 0.2) is 12.1 Å². The second kappa shape index (κ2) is 4.57. The zero-order valence-corrected chi connectivity index (χ0v) is 9.55. The average Bonchev–Trinajstić information content (AvgIpc) is 2.74. The average molecular weight is 238 g/mol. The highest BCUT2D eigenvalue weighted by atomic mass is 16.4. The van der Waals surface area contributed by atoms with Gasteiger partial charge in [0.05, 0.1) is 0 Å². The summed E-state index contributed by atoms with van der Waals surface area (Å²) in [5, 5.41) is 9.09. The molecule has 0 aromatic carbocycles. The molecule has 1 atom stereocenters. The van der Waals surface area contributed by atoms with Gasteiger partial charge in [-0.3, -0.25) is 4.79 Å². The Labute approximate surface area is 98.2 Å². The Morgan fingerprint density at radius 2 is 2.29 bits per heavy atom. The van der Waals surface area contributed by atoms with Crippen LogP contribution in [0.3, 0.4) is 0 Å². The van der Waals surface area contributed by atoms with E-state index in [9.17, 15) is 9.59 Å². The molecule has 2 heterocycles. The predicted molar refractivity (Wildman–Crippen MR) is 57.6 cm³/mol. The zero-order chi connectivity index (χ0) is 12.4. The lowest BCUT2D eigenvalue weighted by Crippen LogP contribution is -2.48. The van der Waals surface area contributed by atoms with E-state index in [4.69, 9.17) is 9.52 Å². The Kier molecular flexibility index (Phi) is 3.12. The molecular formula is C11H14N2O4. The number of piperidine rings is 1. The van der Waals surface area contributed by atoms with E-state index in [-0.39, 0.29) is 11.6 Å². The maximum atomic E-state index is 12.1. The van der Waals surface area contributed by atoms with Crippen LogP contribution in [-0.4, -0.2) is 39.5 Å². The molecule has 17 heavy (non-hydrogen) atoms. The lowest BCUT2D eigenvalue weighted by Gasteiger charge is -2.32. The van der Waals surface area contributed by atoms with E-state index in [0.29, 0.717) is 18.7 Å². The van der Waals surface area contributed by atoms with Crippen LogP contribution in [0, 0.1) is 6.92 Å². The molecule has 1 fully saturated rings. The minimum atomic E-state index is -0.959. The molecule has 0 aliphatic carbocycles. The summed E-state index contributed by atoms with van der Waals surface area (Å²) in [6.45, 7) is 2.10. The fraction of sp³-hybridized carbons (Fsp3) is 0.545. The van der Waals surface area contributed by atoms with Crippen LogP contribution in [0.5, 0.6) is 0 Å². The normalized spacial score (nSPS) is 20.3. The van der Waals surface area contributed by atoms with Gasteiger partial charge in [-0.2, -0.15) is 0 Å². The van der Waals surface area contributed by atoms with Gasteiger partial charge < -0.3 is 14.4 Å². The fourth-order valence-electron chi connectivity index (χ4n) is 2.08. The number of likely N-dealkylation sites (tertiary alicyclic amines) is 1. The van der Waals surface area contributed by atoms with Gasteiger partial charge in [-0.1, -0.05) is 0 Å². The topological polar surface area (TPSA) is 83.6 Å². The summed E-state index contributed by atoms with van der Waals surface area (Å²) in [5.74, 6) is -0.896. The van der Waals surface area contributed by atoms with Crippen molar-refractivity contribution in [3.8, 4) is 0 Å². The summed E-state index contributed by atoms with van der Waals surface area (Å²) in [6, 6.07) is -0.743. The van der Waals surface area contributed by atoms with Crippen LogP contribution in [0.4, 0.5) is 0 Å². The first kappa shape index (κ1) is 11.6. The summed E-state index contributed by atoms with van der Waals surface area (Å²) in [4.78, 5) is 28.4. The van der Waals surface area contributed by atoms with Crippen LogP contribution in [-0.2, 0) is 4.79 Å². The van der Waals surface area contributed by atoms with Crippen molar-refractivity contribution in [3.05, 3.63) is 17.8 Å². The van der Waals surface area contributed by atoms with Crippen LogP contribution in [0.2, 0.25) is 0 Å². The smallest absolute Gasteiger partial charge is 0.326 e. The highest BCUT2D eigenvalue weighted by Crippen LogP contribution is 2.20. The van der Waals surface area contributed by atoms with Crippen LogP contribution in [0.25, 0.3) is 0 Å². The number of aryl methyl sites for hydroxylation is 1. The van der Waals surface area contributed by atoms with E-state index in [1.54, 1.807) is 6.92 Å². The van der Waals surface area contributed by atoms with Crippen molar-refractivity contribution in [1.29, 1.82) is 0 Å². The van der Waals surface area contributed by atoms with Gasteiger partial charge >= 0.3 is 5.97 Å². The number of carboxylic acids is 1. The molecule has 1 aromatic heterocycles. The third-order valence-corrected chi connectivity index (χ3v) is 3.00. The van der Waals surface area contributed by atoms with E-state index < -0.39 is 12.0 Å². The number of aromatic nitrogens is 1. The highest BCUT2D eigenvalue weighted by Gasteiger charge is 2.34. The second-order valence-electron chi connectivity index (χ2n) is 4.11. The molecule has 0 saturated carbocycles. The lowest BCUT2D eigenvalue weighted by atomic mass is 10.0. The van der Waals surface area contributed by atoms with Gasteiger partial charge in [-0.05, 0) is 26.2 Å². The maximum absolute atomic E-state index is 12.1. The Morgan fingerprint density at radius 1 is 1.53 bits per heavy atom. The number of aliphatic carboxylic acids is 1. The number of carbonyl (C=O) groups is 2. The summed E-state index contributed by atoms with van der Waals surface area (Å²) >= 11 is 0. The van der Waals surface area contributed by atoms with Crippen LogP contribution in [0.15, 0.2) is 10.8 Å². The molecule has 1 saturated heterocycles. The molecule has 6 nitrogen and oxygen atoms in total. The molecule has 2 rings (SSSR count). The van der Waals surface area contributed by atoms with Crippen LogP contribution >= 0.6 is 0 Å². The standard InChI is InChI=1S/C11H14N2O4/c1-7-9(12-6-17-7)10(14)13-5-3-2-4-8(13)11(15)16/h6,8H,2-5H2,1H3,(H,15,16). The first-order chi connectivity index (χ1) is 8.11. The molecule has 1 amide bonds. The van der Waals surface area contributed by atoms with Gasteiger partial charge in [0, 0.05) is 6.54 Å². The predicted octanol–water partition coefficient (Wildman–Crippen LogP) is 1.06. The third kappa shape index (κ3) is 2.15. The summed E-state index contributed by atoms with van der Waals surface area (Å²) < 4.78 is 4.97. The number of carboxylic acid groups (broad SMARTS) is 1. The Bertz CT molecular complexity index is 440. The number of hydrogen-bond donors (Lipinski definition) is 1. The van der Waals surface area contributed by atoms with Crippen molar-refractivity contribution >= 4 is 11.9 Å². The second-order valence-corrected chi connectivity index (χ2v) is 4.11. The van der Waals surface area contributed by atoms with E-state index in [1.165, 1.54) is 11.3 Å². The minimum Gasteiger partial charge on any atom is -0.480 e. The van der Waals surface area contributed by atoms with E-state index in [0.717, 1.165) is 12.8 Å². The van der Waals surface area contributed by atoms with Crippen molar-refractivity contribution in [2.24, 2.45) is 0 Å². The number of carbonyl (C=O) groups excluding carboxylic acids is 1. The van der Waals surface area contributed by atoms with Crippen molar-refractivity contribution in [2.45, 2.75) is 32.2 Å². The van der Waals surface area contributed by atoms with Crippen molar-refractivity contribution in [3.63, 3.8) is 0 Å². The van der Waals surface area contributed by atoms with Gasteiger partial charge in [-0.25, -0.2) is 9.78 Å². The molecule has 1 aliphatic rings. The van der Waals surface area contributed by atoms with Crippen molar-refractivity contribution in [1.82, 2.24) is 9.88 Å². The van der Waals surface area contributed by atoms with E-state index in [1.807, 2.05) is 0 Å². The number of oxazole rings is 1. The van der Waals surface area contributed by atoms with Crippen LogP contribution < -0.4 is 0 Å². The molecule has 1 aromatic rings. The Hall–Kier alpha value is -1.85. The highest BCUT2D eigenvalue weighted by molar-refractivity contribution is 5.95. The molecule has 1 unspecified atom stereocenters. The summed E-state index contributed by atoms with van der Waals surface area (Å²) in [7, 11) is 0. The quantitative estimate of drug-likeness (QED) is 0.832. The minimum absolute atomic E-state index is 0.207. The Balaban J connectivity index is 2.23. The monoisotopic (exact) mass is 238 g/mol. The molecule has 1 aliphatic heterocycles. The molecule has 0 spiro atoms. The largest absolute Gasteiger partial charge is 0.480 e. The van der Waals surface area contributed by atoms with Gasteiger partial charge in [-0.15, -0.1) is 0 Å². The third-order valence-electron chi connectivity index (χ3n) is 3.00. The first-order valence-electron chi connectivity index (χ1n) is 5.55. The number of hydrogen-bond acceptors (Lipinski definition) is 4. The fourth-order valence-corrected chi connectivity index (χ4v) is 2.08. The van der Waals surface area contributed by atoms with Crippen molar-refractivity contribution in [2.75, 3.05) is 6.54 Å². The Morgan fingerprint density at radius 3 is 2.88 bits per heavy atom. The van der Waals surface area contributed by atoms with Gasteiger partial charge in [0.1, 0.15) is 11.8 Å². The maximum Gasteiger partial charge on any atom is 0.326 e. The van der Waals surface area contributed by atoms with E-state index in [2.05, 4.69) is 4.98 Å². The van der Waals surface area contributed by atoms with Gasteiger partial charge in [0.2, 0.25) is 0 Å². The molecular weight excluding hydrogens is 224 g/mol. The molecule has 92 valence electrons. The number of nitrogens with zero attached hydrogens (tertiary/aromatic N) is 2. The summed E-state index contributed by atoms with van der Waals surface area (Å²) in [6.07, 6.45) is 3.35. The zero-order valence-electron chi connectivity index (χ0n) is 9.55.